The number of carbonyl (C=O) groups is 1. The van der Waals surface area contributed by atoms with Gasteiger partial charge in [-0.05, 0) is 6.42 Å². The number of thiazole rings is 1. The maximum absolute atomic E-state index is 12.2. The third kappa shape index (κ3) is 2.88. The van der Waals surface area contributed by atoms with Crippen molar-refractivity contribution in [1.82, 2.24) is 20.5 Å². The molecule has 3 heterocycles. The van der Waals surface area contributed by atoms with E-state index in [9.17, 15) is 4.79 Å². The van der Waals surface area contributed by atoms with Gasteiger partial charge in [0, 0.05) is 37.1 Å². The summed E-state index contributed by atoms with van der Waals surface area (Å²) in [5.41, 5.74) is 1.51. The maximum atomic E-state index is 12.2. The molecule has 2 aromatic rings. The Morgan fingerprint density at radius 3 is 3.30 bits per heavy atom. The molecule has 6 nitrogen and oxygen atoms in total. The summed E-state index contributed by atoms with van der Waals surface area (Å²) in [7, 11) is 0. The summed E-state index contributed by atoms with van der Waals surface area (Å²) in [6, 6.07) is 0. The molecule has 7 heteroatoms. The van der Waals surface area contributed by atoms with Crippen molar-refractivity contribution < 1.29 is 9.53 Å². The molecule has 1 aliphatic heterocycles. The summed E-state index contributed by atoms with van der Waals surface area (Å²) >= 11 is 1.60. The SMILES string of the molecule is O=C(NCCc1nccs1)c1cn[nH]c1C1CCOC1. The van der Waals surface area contributed by atoms with E-state index in [1.165, 1.54) is 0 Å². The van der Waals surface area contributed by atoms with Crippen LogP contribution in [0.1, 0.15) is 33.4 Å². The Morgan fingerprint density at radius 2 is 2.55 bits per heavy atom. The highest BCUT2D eigenvalue weighted by atomic mass is 32.1. The molecule has 0 saturated carbocycles. The van der Waals surface area contributed by atoms with Gasteiger partial charge < -0.3 is 10.1 Å². The number of hydrogen-bond acceptors (Lipinski definition) is 5. The van der Waals surface area contributed by atoms with Crippen LogP contribution in [-0.4, -0.2) is 40.8 Å². The Morgan fingerprint density at radius 1 is 1.60 bits per heavy atom. The van der Waals surface area contributed by atoms with Gasteiger partial charge in [0.05, 0.1) is 29.1 Å². The van der Waals surface area contributed by atoms with Crippen LogP contribution in [0.5, 0.6) is 0 Å². The molecule has 0 aliphatic carbocycles. The monoisotopic (exact) mass is 292 g/mol. The average molecular weight is 292 g/mol. The number of aromatic amines is 1. The molecule has 1 unspecified atom stereocenters. The fourth-order valence-corrected chi connectivity index (χ4v) is 2.93. The quantitative estimate of drug-likeness (QED) is 0.871. The minimum absolute atomic E-state index is 0.0859. The lowest BCUT2D eigenvalue weighted by Crippen LogP contribution is -2.26. The van der Waals surface area contributed by atoms with Gasteiger partial charge in [-0.15, -0.1) is 11.3 Å². The average Bonchev–Trinajstić information content (AvgIpc) is 3.19. The molecular weight excluding hydrogens is 276 g/mol. The molecule has 1 atom stereocenters. The second-order valence-corrected chi connectivity index (χ2v) is 5.67. The zero-order valence-corrected chi connectivity index (χ0v) is 11.8. The molecule has 2 aromatic heterocycles. The van der Waals surface area contributed by atoms with Crippen molar-refractivity contribution in [2.24, 2.45) is 0 Å². The van der Waals surface area contributed by atoms with Gasteiger partial charge in [-0.1, -0.05) is 0 Å². The van der Waals surface area contributed by atoms with E-state index in [0.29, 0.717) is 18.7 Å². The number of ether oxygens (including phenoxy) is 1. The Labute approximate surface area is 120 Å². The van der Waals surface area contributed by atoms with Crippen LogP contribution >= 0.6 is 11.3 Å². The summed E-state index contributed by atoms with van der Waals surface area (Å²) < 4.78 is 5.36. The van der Waals surface area contributed by atoms with Crippen LogP contribution in [0, 0.1) is 0 Å². The van der Waals surface area contributed by atoms with Gasteiger partial charge in [-0.25, -0.2) is 4.98 Å². The summed E-state index contributed by atoms with van der Waals surface area (Å²) in [6.45, 7) is 1.98. The van der Waals surface area contributed by atoms with Crippen LogP contribution in [0.2, 0.25) is 0 Å². The fraction of sp³-hybridized carbons (Fsp3) is 0.462. The topological polar surface area (TPSA) is 79.9 Å². The standard InChI is InChI=1S/C13H16N4O2S/c18-13(15-3-1-11-14-4-6-20-11)10-7-16-17-12(10)9-2-5-19-8-9/h4,6-7,9H,1-3,5,8H2,(H,15,18)(H,16,17). The number of nitrogens with zero attached hydrogens (tertiary/aromatic N) is 2. The molecule has 1 saturated heterocycles. The molecule has 1 amide bonds. The third-order valence-electron chi connectivity index (χ3n) is 3.36. The van der Waals surface area contributed by atoms with E-state index in [1.807, 2.05) is 5.38 Å². The molecule has 3 rings (SSSR count). The minimum atomic E-state index is -0.0859. The van der Waals surface area contributed by atoms with Crippen molar-refractivity contribution in [1.29, 1.82) is 0 Å². The number of aromatic nitrogens is 3. The smallest absolute Gasteiger partial charge is 0.254 e. The number of H-pyrrole nitrogens is 1. The molecule has 106 valence electrons. The van der Waals surface area contributed by atoms with Gasteiger partial charge in [0.25, 0.3) is 5.91 Å². The Bertz CT molecular complexity index is 561. The molecule has 0 radical (unpaired) electrons. The summed E-state index contributed by atoms with van der Waals surface area (Å²) in [4.78, 5) is 16.4. The summed E-state index contributed by atoms with van der Waals surface area (Å²) in [5.74, 6) is 0.161. The van der Waals surface area contributed by atoms with E-state index in [-0.39, 0.29) is 11.8 Å². The predicted octanol–water partition coefficient (Wildman–Crippen LogP) is 1.34. The normalized spacial score (nSPS) is 18.3. The summed E-state index contributed by atoms with van der Waals surface area (Å²) in [6.07, 6.45) is 5.05. The number of amides is 1. The van der Waals surface area contributed by atoms with Gasteiger partial charge in [-0.3, -0.25) is 9.89 Å². The molecule has 0 bridgehead atoms. The number of hydrogen-bond donors (Lipinski definition) is 2. The molecule has 0 spiro atoms. The van der Waals surface area contributed by atoms with Crippen LogP contribution in [0.3, 0.4) is 0 Å². The van der Waals surface area contributed by atoms with Crippen molar-refractivity contribution in [3.8, 4) is 0 Å². The zero-order chi connectivity index (χ0) is 13.8. The first-order valence-electron chi connectivity index (χ1n) is 6.62. The van der Waals surface area contributed by atoms with Crippen molar-refractivity contribution in [2.45, 2.75) is 18.8 Å². The molecule has 1 fully saturated rings. The largest absolute Gasteiger partial charge is 0.381 e. The lowest BCUT2D eigenvalue weighted by Gasteiger charge is -2.08. The molecule has 20 heavy (non-hydrogen) atoms. The van der Waals surface area contributed by atoms with Crippen molar-refractivity contribution in [3.05, 3.63) is 34.0 Å². The maximum Gasteiger partial charge on any atom is 0.254 e. The molecule has 0 aromatic carbocycles. The highest BCUT2D eigenvalue weighted by Crippen LogP contribution is 2.25. The van der Waals surface area contributed by atoms with Crippen LogP contribution in [0.4, 0.5) is 0 Å². The van der Waals surface area contributed by atoms with Gasteiger partial charge in [0.15, 0.2) is 0 Å². The predicted molar refractivity (Wildman–Crippen MR) is 74.9 cm³/mol. The fourth-order valence-electron chi connectivity index (χ4n) is 2.31. The van der Waals surface area contributed by atoms with Crippen LogP contribution in [0.25, 0.3) is 0 Å². The Hall–Kier alpha value is -1.73. The Balaban J connectivity index is 1.58. The summed E-state index contributed by atoms with van der Waals surface area (Å²) in [5, 5.41) is 12.8. The first-order chi connectivity index (χ1) is 9.84. The van der Waals surface area contributed by atoms with Crippen LogP contribution in [-0.2, 0) is 11.2 Å². The molecule has 2 N–H and O–H groups in total. The lowest BCUT2D eigenvalue weighted by atomic mass is 10.0. The van der Waals surface area contributed by atoms with Gasteiger partial charge in [-0.2, -0.15) is 5.10 Å². The molecule has 1 aliphatic rings. The first kappa shape index (κ1) is 13.3. The number of nitrogens with one attached hydrogen (secondary N) is 2. The third-order valence-corrected chi connectivity index (χ3v) is 4.20. The van der Waals surface area contributed by atoms with Crippen molar-refractivity contribution in [2.75, 3.05) is 19.8 Å². The first-order valence-corrected chi connectivity index (χ1v) is 7.50. The van der Waals surface area contributed by atoms with Crippen molar-refractivity contribution in [3.63, 3.8) is 0 Å². The lowest BCUT2D eigenvalue weighted by molar-refractivity contribution is 0.0952. The number of carbonyl (C=O) groups excluding carboxylic acids is 1. The Kier molecular flexibility index (Phi) is 4.08. The number of rotatable bonds is 5. The van der Waals surface area contributed by atoms with Crippen LogP contribution in [0.15, 0.2) is 17.8 Å². The van der Waals surface area contributed by atoms with E-state index in [1.54, 1.807) is 23.7 Å². The second kappa shape index (κ2) is 6.15. The van der Waals surface area contributed by atoms with E-state index in [2.05, 4.69) is 20.5 Å². The van der Waals surface area contributed by atoms with Crippen LogP contribution < -0.4 is 5.32 Å². The highest BCUT2D eigenvalue weighted by molar-refractivity contribution is 7.09. The van der Waals surface area contributed by atoms with E-state index in [0.717, 1.165) is 30.2 Å². The zero-order valence-electron chi connectivity index (χ0n) is 11.0. The van der Waals surface area contributed by atoms with E-state index in [4.69, 9.17) is 4.74 Å². The van der Waals surface area contributed by atoms with E-state index < -0.39 is 0 Å². The second-order valence-electron chi connectivity index (χ2n) is 4.69. The van der Waals surface area contributed by atoms with Gasteiger partial charge in [0.2, 0.25) is 0 Å². The molecular formula is C13H16N4O2S. The van der Waals surface area contributed by atoms with Gasteiger partial charge >= 0.3 is 0 Å². The minimum Gasteiger partial charge on any atom is -0.381 e. The highest BCUT2D eigenvalue weighted by Gasteiger charge is 2.24. The van der Waals surface area contributed by atoms with E-state index >= 15 is 0 Å². The van der Waals surface area contributed by atoms with Gasteiger partial charge in [0.1, 0.15) is 0 Å². The van der Waals surface area contributed by atoms with Crippen molar-refractivity contribution >= 4 is 17.2 Å².